The highest BCUT2D eigenvalue weighted by atomic mass is 16.1. The number of hydrogen-bond acceptors (Lipinski definition) is 2. The number of hydrogen-bond donors (Lipinski definition) is 2. The van der Waals surface area contributed by atoms with Crippen LogP contribution in [0.1, 0.15) is 10.4 Å². The van der Waals surface area contributed by atoms with E-state index in [-0.39, 0.29) is 5.91 Å². The molecule has 3 N–H and O–H groups in total. The summed E-state index contributed by atoms with van der Waals surface area (Å²) in [4.78, 5) is 12.2. The normalized spacial score (nSPS) is 10.2. The molecule has 3 aromatic rings. The van der Waals surface area contributed by atoms with Gasteiger partial charge in [-0.15, -0.1) is 0 Å². The molecule has 0 aliphatic heterocycles. The number of para-hydroxylation sites is 2. The number of benzene rings is 3. The first-order chi connectivity index (χ1) is 10.7. The van der Waals surface area contributed by atoms with Crippen molar-refractivity contribution in [2.75, 3.05) is 11.1 Å². The predicted molar refractivity (Wildman–Crippen MR) is 90.7 cm³/mol. The first-order valence-corrected chi connectivity index (χ1v) is 7.05. The van der Waals surface area contributed by atoms with E-state index < -0.39 is 0 Å². The summed E-state index contributed by atoms with van der Waals surface area (Å²) in [6.45, 7) is 0. The van der Waals surface area contributed by atoms with Gasteiger partial charge in [-0.05, 0) is 35.4 Å². The highest BCUT2D eigenvalue weighted by molar-refractivity contribution is 6.05. The van der Waals surface area contributed by atoms with Gasteiger partial charge in [-0.25, -0.2) is 0 Å². The van der Waals surface area contributed by atoms with Gasteiger partial charge in [0.25, 0.3) is 5.91 Å². The topological polar surface area (TPSA) is 55.1 Å². The fraction of sp³-hybridized carbons (Fsp3) is 0. The van der Waals surface area contributed by atoms with Crippen molar-refractivity contribution in [1.29, 1.82) is 0 Å². The Morgan fingerprint density at radius 2 is 1.32 bits per heavy atom. The summed E-state index contributed by atoms with van der Waals surface area (Å²) in [5.74, 6) is -0.169. The number of nitrogens with one attached hydrogen (secondary N) is 1. The van der Waals surface area contributed by atoms with Crippen molar-refractivity contribution in [1.82, 2.24) is 0 Å². The molecular weight excluding hydrogens is 272 g/mol. The largest absolute Gasteiger partial charge is 0.397 e. The molecule has 3 nitrogen and oxygen atoms in total. The first kappa shape index (κ1) is 13.9. The quantitative estimate of drug-likeness (QED) is 0.710. The molecule has 1 amide bonds. The molecule has 0 aliphatic carbocycles. The van der Waals surface area contributed by atoms with Crippen molar-refractivity contribution in [2.24, 2.45) is 0 Å². The molecule has 108 valence electrons. The van der Waals surface area contributed by atoms with Crippen molar-refractivity contribution in [3.05, 3.63) is 84.4 Å². The number of nitrogen functional groups attached to an aromatic ring is 1. The van der Waals surface area contributed by atoms with Crippen LogP contribution in [0.5, 0.6) is 0 Å². The lowest BCUT2D eigenvalue weighted by molar-refractivity contribution is 0.102. The minimum Gasteiger partial charge on any atom is -0.397 e. The third-order valence-corrected chi connectivity index (χ3v) is 3.46. The molecule has 0 fully saturated rings. The van der Waals surface area contributed by atoms with Gasteiger partial charge < -0.3 is 11.1 Å². The summed E-state index contributed by atoms with van der Waals surface area (Å²) in [6, 6.07) is 24.8. The maximum Gasteiger partial charge on any atom is 0.255 e. The Balaban J connectivity index is 1.78. The molecule has 3 rings (SSSR count). The number of carbonyl (C=O) groups is 1. The minimum absolute atomic E-state index is 0.169. The number of amides is 1. The zero-order valence-corrected chi connectivity index (χ0v) is 12.0. The van der Waals surface area contributed by atoms with Crippen LogP contribution in [-0.2, 0) is 0 Å². The van der Waals surface area contributed by atoms with Crippen LogP contribution in [0.2, 0.25) is 0 Å². The lowest BCUT2D eigenvalue weighted by Crippen LogP contribution is -2.12. The van der Waals surface area contributed by atoms with Gasteiger partial charge >= 0.3 is 0 Å². The van der Waals surface area contributed by atoms with Crippen molar-refractivity contribution < 1.29 is 4.79 Å². The van der Waals surface area contributed by atoms with Gasteiger partial charge in [0.05, 0.1) is 11.4 Å². The smallest absolute Gasteiger partial charge is 0.255 e. The van der Waals surface area contributed by atoms with Crippen molar-refractivity contribution in [3.8, 4) is 11.1 Å². The Morgan fingerprint density at radius 1 is 0.727 bits per heavy atom. The Kier molecular flexibility index (Phi) is 3.88. The number of nitrogens with two attached hydrogens (primary N) is 1. The molecule has 0 spiro atoms. The van der Waals surface area contributed by atoms with E-state index in [1.165, 1.54) is 0 Å². The van der Waals surface area contributed by atoms with Crippen LogP contribution in [0.3, 0.4) is 0 Å². The fourth-order valence-corrected chi connectivity index (χ4v) is 2.25. The van der Waals surface area contributed by atoms with Gasteiger partial charge in [0, 0.05) is 5.56 Å². The van der Waals surface area contributed by atoms with E-state index in [0.29, 0.717) is 16.9 Å². The second-order valence-electron chi connectivity index (χ2n) is 4.98. The molecule has 0 heterocycles. The molecule has 0 atom stereocenters. The average molecular weight is 288 g/mol. The van der Waals surface area contributed by atoms with Crippen molar-refractivity contribution in [3.63, 3.8) is 0 Å². The van der Waals surface area contributed by atoms with Gasteiger partial charge in [-0.3, -0.25) is 4.79 Å². The minimum atomic E-state index is -0.169. The molecule has 3 aromatic carbocycles. The third kappa shape index (κ3) is 2.99. The molecule has 0 radical (unpaired) electrons. The van der Waals surface area contributed by atoms with E-state index in [1.807, 2.05) is 66.7 Å². The third-order valence-electron chi connectivity index (χ3n) is 3.46. The van der Waals surface area contributed by atoms with Crippen LogP contribution >= 0.6 is 0 Å². The van der Waals surface area contributed by atoms with Crippen LogP contribution in [0.15, 0.2) is 78.9 Å². The lowest BCUT2D eigenvalue weighted by atomic mass is 10.0. The molecular formula is C19H16N2O. The predicted octanol–water partition coefficient (Wildman–Crippen LogP) is 4.19. The van der Waals surface area contributed by atoms with E-state index in [0.717, 1.165) is 11.1 Å². The van der Waals surface area contributed by atoms with Gasteiger partial charge in [-0.1, -0.05) is 54.6 Å². The summed E-state index contributed by atoms with van der Waals surface area (Å²) in [5.41, 5.74) is 9.82. The van der Waals surface area contributed by atoms with Crippen molar-refractivity contribution in [2.45, 2.75) is 0 Å². The van der Waals surface area contributed by atoms with Gasteiger partial charge in [0.2, 0.25) is 0 Å². The second kappa shape index (κ2) is 6.14. The summed E-state index contributed by atoms with van der Waals surface area (Å²) in [6.07, 6.45) is 0. The summed E-state index contributed by atoms with van der Waals surface area (Å²) < 4.78 is 0. The van der Waals surface area contributed by atoms with Gasteiger partial charge in [-0.2, -0.15) is 0 Å². The monoisotopic (exact) mass is 288 g/mol. The first-order valence-electron chi connectivity index (χ1n) is 7.05. The Hall–Kier alpha value is -3.07. The lowest BCUT2D eigenvalue weighted by Gasteiger charge is -2.08. The molecule has 22 heavy (non-hydrogen) atoms. The summed E-state index contributed by atoms with van der Waals surface area (Å²) in [5, 5.41) is 2.82. The zero-order valence-electron chi connectivity index (χ0n) is 12.0. The highest BCUT2D eigenvalue weighted by Crippen LogP contribution is 2.21. The highest BCUT2D eigenvalue weighted by Gasteiger charge is 2.08. The molecule has 0 aromatic heterocycles. The van der Waals surface area contributed by atoms with E-state index >= 15 is 0 Å². The molecule has 0 unspecified atom stereocenters. The summed E-state index contributed by atoms with van der Waals surface area (Å²) in [7, 11) is 0. The van der Waals surface area contributed by atoms with E-state index in [2.05, 4.69) is 5.32 Å². The Bertz CT molecular complexity index is 780. The van der Waals surface area contributed by atoms with E-state index in [9.17, 15) is 4.79 Å². The van der Waals surface area contributed by atoms with E-state index in [4.69, 9.17) is 5.73 Å². The van der Waals surface area contributed by atoms with Crippen LogP contribution in [0, 0.1) is 0 Å². The van der Waals surface area contributed by atoms with Crippen molar-refractivity contribution >= 4 is 17.3 Å². The molecule has 0 saturated carbocycles. The maximum absolute atomic E-state index is 12.2. The van der Waals surface area contributed by atoms with Crippen LogP contribution in [-0.4, -0.2) is 5.91 Å². The number of anilines is 2. The molecule has 0 saturated heterocycles. The molecule has 3 heteroatoms. The maximum atomic E-state index is 12.2. The van der Waals surface area contributed by atoms with Crippen LogP contribution in [0.25, 0.3) is 11.1 Å². The molecule has 0 aliphatic rings. The number of carbonyl (C=O) groups excluding carboxylic acids is 1. The van der Waals surface area contributed by atoms with Crippen LogP contribution < -0.4 is 11.1 Å². The standard InChI is InChI=1S/C19H16N2O/c20-17-8-4-5-9-18(17)21-19(22)16-12-10-15(11-13-16)14-6-2-1-3-7-14/h1-13H,20H2,(H,21,22). The van der Waals surface area contributed by atoms with Crippen LogP contribution in [0.4, 0.5) is 11.4 Å². The Morgan fingerprint density at radius 3 is 2.00 bits per heavy atom. The van der Waals surface area contributed by atoms with Gasteiger partial charge in [0.15, 0.2) is 0 Å². The Labute approximate surface area is 129 Å². The molecule has 0 bridgehead atoms. The zero-order chi connectivity index (χ0) is 15.4. The summed E-state index contributed by atoms with van der Waals surface area (Å²) >= 11 is 0. The SMILES string of the molecule is Nc1ccccc1NC(=O)c1ccc(-c2ccccc2)cc1. The van der Waals surface area contributed by atoms with E-state index in [1.54, 1.807) is 12.1 Å². The second-order valence-corrected chi connectivity index (χ2v) is 4.98. The van der Waals surface area contributed by atoms with Gasteiger partial charge in [0.1, 0.15) is 0 Å². The number of rotatable bonds is 3. The fourth-order valence-electron chi connectivity index (χ4n) is 2.25. The average Bonchev–Trinajstić information content (AvgIpc) is 2.58.